The zero-order valence-corrected chi connectivity index (χ0v) is 17.8. The van der Waals surface area contributed by atoms with Gasteiger partial charge >= 0.3 is 0 Å². The largest absolute Gasteiger partial charge is 0.394 e. The Morgan fingerprint density at radius 2 is 2.07 bits per heavy atom. The van der Waals surface area contributed by atoms with E-state index in [2.05, 4.69) is 46.4 Å². The van der Waals surface area contributed by atoms with Gasteiger partial charge in [0, 0.05) is 18.7 Å². The normalized spacial score (nSPS) is 24.7. The third-order valence-corrected chi connectivity index (χ3v) is 5.81. The number of nitrogens with one attached hydrogen (secondary N) is 1. The zero-order chi connectivity index (χ0) is 21.0. The fourth-order valence-corrected chi connectivity index (χ4v) is 3.99. The van der Waals surface area contributed by atoms with Crippen LogP contribution in [-0.2, 0) is 4.74 Å². The van der Waals surface area contributed by atoms with Crippen molar-refractivity contribution < 1.29 is 20.1 Å². The Morgan fingerprint density at radius 1 is 1.28 bits per heavy atom. The Bertz CT molecular complexity index is 804. The number of nitrogens with zero attached hydrogens (tertiary/aromatic N) is 5. The summed E-state index contributed by atoms with van der Waals surface area (Å²) in [6, 6.07) is -0.532. The van der Waals surface area contributed by atoms with Crippen LogP contribution >= 0.6 is 11.8 Å². The maximum absolute atomic E-state index is 10.6. The lowest BCUT2D eigenvalue weighted by atomic mass is 10.2. The monoisotopic (exact) mass is 426 g/mol. The number of hydrogen-bond donors (Lipinski definition) is 4. The van der Waals surface area contributed by atoms with Gasteiger partial charge in [-0.2, -0.15) is 0 Å². The van der Waals surface area contributed by atoms with Gasteiger partial charge in [-0.15, -0.1) is 5.10 Å². The summed E-state index contributed by atoms with van der Waals surface area (Å²) >= 11 is 1.56. The van der Waals surface area contributed by atoms with E-state index in [1.807, 2.05) is 0 Å². The fourth-order valence-electron chi connectivity index (χ4n) is 3.30. The van der Waals surface area contributed by atoms with E-state index in [1.54, 1.807) is 16.4 Å². The third kappa shape index (κ3) is 4.97. The molecule has 0 spiro atoms. The molecule has 0 aliphatic heterocycles. The van der Waals surface area contributed by atoms with E-state index in [1.165, 1.54) is 0 Å². The van der Waals surface area contributed by atoms with Crippen LogP contribution in [0.4, 0.5) is 5.82 Å². The summed E-state index contributed by atoms with van der Waals surface area (Å²) in [6.07, 6.45) is -1.39. The summed E-state index contributed by atoms with van der Waals surface area (Å²) in [5.41, 5.74) is 1.05. The number of aliphatic hydroxyl groups is 3. The molecule has 2 heterocycles. The molecular weight excluding hydrogens is 396 g/mol. The number of ether oxygens (including phenoxy) is 1. The quantitative estimate of drug-likeness (QED) is 0.319. The van der Waals surface area contributed by atoms with Crippen LogP contribution in [0.3, 0.4) is 0 Å². The predicted octanol–water partition coefficient (Wildman–Crippen LogP) is 0.835. The lowest BCUT2D eigenvalue weighted by Crippen LogP contribution is -2.33. The van der Waals surface area contributed by atoms with Gasteiger partial charge < -0.3 is 25.4 Å². The highest BCUT2D eigenvalue weighted by Gasteiger charge is 2.44. The van der Waals surface area contributed by atoms with Gasteiger partial charge in [-0.25, -0.2) is 14.6 Å². The Kier molecular flexibility index (Phi) is 7.63. The molecule has 0 radical (unpaired) electrons. The Balaban J connectivity index is 1.94. The molecule has 2 aromatic heterocycles. The van der Waals surface area contributed by atoms with E-state index in [0.717, 1.165) is 18.7 Å². The van der Waals surface area contributed by atoms with Crippen molar-refractivity contribution in [1.29, 1.82) is 0 Å². The van der Waals surface area contributed by atoms with Crippen LogP contribution in [0.1, 0.15) is 39.7 Å². The van der Waals surface area contributed by atoms with Crippen molar-refractivity contribution in [3.05, 3.63) is 0 Å². The van der Waals surface area contributed by atoms with Gasteiger partial charge in [0.1, 0.15) is 12.2 Å². The molecule has 4 N–H and O–H groups in total. The molecule has 1 fully saturated rings. The highest BCUT2D eigenvalue weighted by molar-refractivity contribution is 7.99. The minimum Gasteiger partial charge on any atom is -0.394 e. The van der Waals surface area contributed by atoms with Crippen LogP contribution in [0.5, 0.6) is 0 Å². The second-order valence-electron chi connectivity index (χ2n) is 7.60. The first-order valence-electron chi connectivity index (χ1n) is 10.0. The summed E-state index contributed by atoms with van der Waals surface area (Å²) in [5, 5.41) is 42.3. The minimum atomic E-state index is -1.07. The molecule has 1 aliphatic rings. The van der Waals surface area contributed by atoms with Crippen molar-refractivity contribution in [3.63, 3.8) is 0 Å². The molecule has 10 nitrogen and oxygen atoms in total. The van der Waals surface area contributed by atoms with E-state index in [9.17, 15) is 10.2 Å². The Morgan fingerprint density at radius 3 is 2.76 bits per heavy atom. The first kappa shape index (κ1) is 22.2. The molecule has 3 rings (SSSR count). The molecule has 1 aliphatic carbocycles. The van der Waals surface area contributed by atoms with Crippen LogP contribution in [0.2, 0.25) is 0 Å². The first-order chi connectivity index (χ1) is 14.0. The number of aliphatic hydroxyl groups excluding tert-OH is 3. The van der Waals surface area contributed by atoms with Gasteiger partial charge in [0.15, 0.2) is 22.1 Å². The van der Waals surface area contributed by atoms with Gasteiger partial charge in [-0.05, 0) is 12.3 Å². The molecule has 11 heteroatoms. The Labute approximate surface area is 174 Å². The maximum Gasteiger partial charge on any atom is 0.191 e. The second kappa shape index (κ2) is 9.98. The Hall–Kier alpha value is -1.53. The predicted molar refractivity (Wildman–Crippen MR) is 110 cm³/mol. The zero-order valence-electron chi connectivity index (χ0n) is 17.0. The number of aromatic nitrogens is 5. The molecule has 0 aromatic carbocycles. The molecular formula is C18H30N6O4S. The highest BCUT2D eigenvalue weighted by Crippen LogP contribution is 2.35. The number of thioether (sulfide) groups is 1. The summed E-state index contributed by atoms with van der Waals surface area (Å²) in [6.45, 7) is 7.00. The van der Waals surface area contributed by atoms with Crippen LogP contribution in [-0.4, -0.2) is 84.1 Å². The summed E-state index contributed by atoms with van der Waals surface area (Å²) in [5.74, 6) is 1.94. The van der Waals surface area contributed by atoms with Gasteiger partial charge in [0.25, 0.3) is 0 Å². The average molecular weight is 427 g/mol. The number of hydrogen-bond acceptors (Lipinski definition) is 10. The number of fused-ring (bicyclic) bond motifs is 1. The lowest BCUT2D eigenvalue weighted by Gasteiger charge is -2.17. The fraction of sp³-hybridized carbons (Fsp3) is 0.778. The van der Waals surface area contributed by atoms with Crippen molar-refractivity contribution >= 4 is 28.7 Å². The number of rotatable bonds is 10. The van der Waals surface area contributed by atoms with Crippen molar-refractivity contribution in [2.24, 2.45) is 5.92 Å². The van der Waals surface area contributed by atoms with Gasteiger partial charge in [-0.1, -0.05) is 37.7 Å². The second-order valence-corrected chi connectivity index (χ2v) is 8.66. The van der Waals surface area contributed by atoms with Crippen molar-refractivity contribution in [3.8, 4) is 0 Å². The molecule has 29 heavy (non-hydrogen) atoms. The summed E-state index contributed by atoms with van der Waals surface area (Å²) in [4.78, 5) is 9.23. The van der Waals surface area contributed by atoms with E-state index < -0.39 is 24.4 Å². The van der Waals surface area contributed by atoms with E-state index >= 15 is 0 Å². The van der Waals surface area contributed by atoms with Crippen LogP contribution in [0.25, 0.3) is 11.2 Å². The van der Waals surface area contributed by atoms with E-state index in [4.69, 9.17) is 9.84 Å². The topological polar surface area (TPSA) is 138 Å². The molecule has 2 aromatic rings. The van der Waals surface area contributed by atoms with E-state index in [0.29, 0.717) is 34.5 Å². The smallest absolute Gasteiger partial charge is 0.191 e. The molecule has 0 unspecified atom stereocenters. The molecule has 0 amide bonds. The van der Waals surface area contributed by atoms with Gasteiger partial charge in [0.2, 0.25) is 0 Å². The van der Waals surface area contributed by atoms with Crippen molar-refractivity contribution in [2.75, 3.05) is 30.8 Å². The average Bonchev–Trinajstić information content (AvgIpc) is 3.24. The summed E-state index contributed by atoms with van der Waals surface area (Å²) < 4.78 is 7.03. The molecule has 4 atom stereocenters. The maximum atomic E-state index is 10.6. The van der Waals surface area contributed by atoms with Crippen LogP contribution < -0.4 is 5.32 Å². The standard InChI is InChI=1S/C18H30N6O4S/c1-4-7-29-18-20-16(19-9-10(2)3)13-17(21-18)24(23-22-13)11-8-12(28-6-5-25)15(27)14(11)26/h10-12,14-15,25-27H,4-9H2,1-3H3,(H,19,20,21)/t11-,12+,14+,15-/m1/s1. The summed E-state index contributed by atoms with van der Waals surface area (Å²) in [7, 11) is 0. The SMILES string of the molecule is CCCSc1nc(NCC(C)C)c2nnn([C@@H]3C[C@H](OCCO)[C@@H](O)[C@H]3O)c2n1. The minimum absolute atomic E-state index is 0.0997. The van der Waals surface area contributed by atoms with Gasteiger partial charge in [-0.3, -0.25) is 0 Å². The molecule has 1 saturated carbocycles. The van der Waals surface area contributed by atoms with E-state index in [-0.39, 0.29) is 13.2 Å². The first-order valence-corrected chi connectivity index (χ1v) is 11.0. The molecule has 0 bridgehead atoms. The number of anilines is 1. The van der Waals surface area contributed by atoms with Crippen LogP contribution in [0.15, 0.2) is 5.16 Å². The lowest BCUT2D eigenvalue weighted by molar-refractivity contribution is -0.0629. The highest BCUT2D eigenvalue weighted by atomic mass is 32.2. The molecule has 0 saturated heterocycles. The van der Waals surface area contributed by atoms with Gasteiger partial charge in [0.05, 0.1) is 25.4 Å². The molecule has 162 valence electrons. The van der Waals surface area contributed by atoms with Crippen LogP contribution in [0, 0.1) is 5.92 Å². The van der Waals surface area contributed by atoms with Crippen molar-refractivity contribution in [1.82, 2.24) is 25.0 Å². The van der Waals surface area contributed by atoms with Crippen molar-refractivity contribution in [2.45, 2.75) is 63.1 Å². The third-order valence-electron chi connectivity index (χ3n) is 4.75.